The Bertz CT molecular complexity index is 5730. The Morgan fingerprint density at radius 3 is 0.872 bits per heavy atom. The van der Waals surface area contributed by atoms with Crippen LogP contribution in [-0.2, 0) is 0 Å². The summed E-state index contributed by atoms with van der Waals surface area (Å²) in [5, 5.41) is 20.3. The lowest BCUT2D eigenvalue weighted by Crippen LogP contribution is -1.94. The van der Waals surface area contributed by atoms with Crippen molar-refractivity contribution in [2.45, 2.75) is 0 Å². The molecule has 0 unspecified atom stereocenters. The highest BCUT2D eigenvalue weighted by Crippen LogP contribution is 2.44. The third-order valence-electron chi connectivity index (χ3n) is 18.5. The number of hydrogen-bond acceptors (Lipinski definition) is 0. The van der Waals surface area contributed by atoms with Gasteiger partial charge in [-0.3, -0.25) is 0 Å². The first-order chi connectivity index (χ1) is 42.6. The van der Waals surface area contributed by atoms with E-state index in [9.17, 15) is 0 Å². The van der Waals surface area contributed by atoms with Crippen molar-refractivity contribution >= 4 is 108 Å². The summed E-state index contributed by atoms with van der Waals surface area (Å²) < 4.78 is 4.82. The molecule has 2 heteroatoms. The van der Waals surface area contributed by atoms with Gasteiger partial charge in [-0.05, 0) is 199 Å². The van der Waals surface area contributed by atoms with Gasteiger partial charge in [-0.15, -0.1) is 0 Å². The second-order valence-electron chi connectivity index (χ2n) is 23.1. The standard InChI is InChI=1S/C84H52N2/c1-2-22-67-65(20-1)66-21-3-5-24-69(66)77-50-59(38-45-71(67)77)57-18-13-16-55(48-57)56-17-14-19-58(49-56)60-39-46-73-78(51-60)70-25-6-4-23-68(70)72-47-40-61(52-79(72)73)64-29-15-33-83-84(64)76-28-9-12-32-82(76)86(83)63-43-36-54(37-44-63)53-34-41-62(42-35-53)85-80-30-10-7-26-74(80)75-27-8-11-31-81(75)85/h1-52H. The van der Waals surface area contributed by atoms with Crippen LogP contribution in [0.4, 0.5) is 0 Å². The normalized spacial score (nSPS) is 12.0. The average Bonchev–Trinajstić information content (AvgIpc) is 1.36. The fourth-order valence-corrected chi connectivity index (χ4v) is 14.5. The van der Waals surface area contributed by atoms with Gasteiger partial charge in [0, 0.05) is 32.9 Å². The van der Waals surface area contributed by atoms with E-state index in [1.165, 1.54) is 164 Å². The van der Waals surface area contributed by atoms with Crippen LogP contribution >= 0.6 is 0 Å². The smallest absolute Gasteiger partial charge is 0.0547 e. The molecule has 2 aromatic heterocycles. The van der Waals surface area contributed by atoms with Gasteiger partial charge in [-0.2, -0.15) is 0 Å². The fourth-order valence-electron chi connectivity index (χ4n) is 14.5. The molecule has 0 aliphatic rings. The molecule has 0 N–H and O–H groups in total. The Morgan fingerprint density at radius 2 is 0.430 bits per heavy atom. The predicted molar refractivity (Wildman–Crippen MR) is 367 cm³/mol. The third kappa shape index (κ3) is 7.46. The predicted octanol–water partition coefficient (Wildman–Crippen LogP) is 23.1. The highest BCUT2D eigenvalue weighted by Gasteiger charge is 2.19. The van der Waals surface area contributed by atoms with Crippen molar-refractivity contribution in [3.63, 3.8) is 0 Å². The molecule has 86 heavy (non-hydrogen) atoms. The summed E-state index contributed by atoms with van der Waals surface area (Å²) in [5.74, 6) is 0. The van der Waals surface area contributed by atoms with Crippen LogP contribution in [0.1, 0.15) is 0 Å². The van der Waals surface area contributed by atoms with Gasteiger partial charge in [0.25, 0.3) is 0 Å². The van der Waals surface area contributed by atoms with Gasteiger partial charge in [0.15, 0.2) is 0 Å². The summed E-state index contributed by atoms with van der Waals surface area (Å²) in [6.45, 7) is 0. The van der Waals surface area contributed by atoms with E-state index in [4.69, 9.17) is 0 Å². The summed E-state index contributed by atoms with van der Waals surface area (Å²) in [7, 11) is 0. The molecular weight excluding hydrogens is 1040 g/mol. The topological polar surface area (TPSA) is 9.86 Å². The lowest BCUT2D eigenvalue weighted by Gasteiger charge is -2.15. The first-order valence-electron chi connectivity index (χ1n) is 29.8. The van der Waals surface area contributed by atoms with E-state index in [2.05, 4.69) is 325 Å². The van der Waals surface area contributed by atoms with Gasteiger partial charge in [0.2, 0.25) is 0 Å². The minimum absolute atomic E-state index is 1.13. The molecule has 0 aliphatic heterocycles. The minimum atomic E-state index is 1.13. The summed E-state index contributed by atoms with van der Waals surface area (Å²) >= 11 is 0. The molecule has 0 atom stereocenters. The molecule has 0 spiro atoms. The first kappa shape index (κ1) is 48.2. The van der Waals surface area contributed by atoms with Gasteiger partial charge in [-0.1, -0.05) is 237 Å². The highest BCUT2D eigenvalue weighted by molar-refractivity contribution is 6.28. The maximum Gasteiger partial charge on any atom is 0.0547 e. The van der Waals surface area contributed by atoms with Crippen LogP contribution in [0, 0.1) is 0 Å². The molecule has 0 aliphatic carbocycles. The van der Waals surface area contributed by atoms with E-state index in [0.717, 1.165) is 11.4 Å². The minimum Gasteiger partial charge on any atom is -0.309 e. The molecule has 2 nitrogen and oxygen atoms in total. The molecule has 0 saturated heterocycles. The fraction of sp³-hybridized carbons (Fsp3) is 0. The molecule has 0 bridgehead atoms. The van der Waals surface area contributed by atoms with Crippen LogP contribution in [0.25, 0.3) is 175 Å². The van der Waals surface area contributed by atoms with E-state index in [0.29, 0.717) is 0 Å². The first-order valence-corrected chi connectivity index (χ1v) is 29.8. The molecule has 398 valence electrons. The largest absolute Gasteiger partial charge is 0.309 e. The SMILES string of the molecule is c1cc(-c2cccc(-c3ccc4c(c3)c3ccccc3c3ccc(-c5cccc6c5c5ccccc5n6-c5ccc(-c6ccc(-n7c8ccccc8c8ccccc87)cc6)cc5)cc34)c2)cc(-c2ccc3c4ccccc4c4ccccc4c3c2)c1. The van der Waals surface area contributed by atoms with E-state index in [-0.39, 0.29) is 0 Å². The summed E-state index contributed by atoms with van der Waals surface area (Å²) in [6, 6.07) is 117. The van der Waals surface area contributed by atoms with E-state index < -0.39 is 0 Å². The van der Waals surface area contributed by atoms with Crippen molar-refractivity contribution in [2.24, 2.45) is 0 Å². The van der Waals surface area contributed by atoms with Crippen LogP contribution < -0.4 is 0 Å². The summed E-state index contributed by atoms with van der Waals surface area (Å²) in [5.41, 5.74) is 19.1. The quantitative estimate of drug-likeness (QED) is 0.141. The van der Waals surface area contributed by atoms with Crippen molar-refractivity contribution in [2.75, 3.05) is 0 Å². The second-order valence-corrected chi connectivity index (χ2v) is 23.1. The molecular formula is C84H52N2. The third-order valence-corrected chi connectivity index (χ3v) is 18.5. The van der Waals surface area contributed by atoms with Crippen LogP contribution in [0.3, 0.4) is 0 Å². The van der Waals surface area contributed by atoms with Gasteiger partial charge in [0.05, 0.1) is 22.1 Å². The van der Waals surface area contributed by atoms with Gasteiger partial charge in [-0.25, -0.2) is 0 Å². The Kier molecular flexibility index (Phi) is 10.7. The Labute approximate surface area is 496 Å². The zero-order valence-corrected chi connectivity index (χ0v) is 46.9. The van der Waals surface area contributed by atoms with Gasteiger partial charge in [0.1, 0.15) is 0 Å². The van der Waals surface area contributed by atoms with Crippen molar-refractivity contribution in [3.8, 4) is 67.0 Å². The van der Waals surface area contributed by atoms with E-state index in [1.54, 1.807) is 0 Å². The summed E-state index contributed by atoms with van der Waals surface area (Å²) in [6.07, 6.45) is 0. The molecule has 0 amide bonds. The maximum absolute atomic E-state index is 2.44. The molecule has 0 saturated carbocycles. The van der Waals surface area contributed by atoms with Crippen molar-refractivity contribution < 1.29 is 0 Å². The summed E-state index contributed by atoms with van der Waals surface area (Å²) in [4.78, 5) is 0. The molecule has 18 rings (SSSR count). The van der Waals surface area contributed by atoms with E-state index in [1.807, 2.05) is 0 Å². The molecule has 18 aromatic rings. The lowest BCUT2D eigenvalue weighted by atomic mass is 9.89. The number of fused-ring (bicyclic) bond motifs is 18. The van der Waals surface area contributed by atoms with Crippen LogP contribution in [0.2, 0.25) is 0 Å². The van der Waals surface area contributed by atoms with Crippen LogP contribution in [0.5, 0.6) is 0 Å². The average molecular weight is 1090 g/mol. The number of nitrogens with zero attached hydrogens (tertiary/aromatic N) is 2. The molecule has 0 fully saturated rings. The zero-order chi connectivity index (χ0) is 56.4. The Balaban J connectivity index is 0.694. The monoisotopic (exact) mass is 1090 g/mol. The number of benzene rings is 16. The number of hydrogen-bond donors (Lipinski definition) is 0. The van der Waals surface area contributed by atoms with Crippen molar-refractivity contribution in [1.82, 2.24) is 9.13 Å². The number of aromatic nitrogens is 2. The molecule has 16 aromatic carbocycles. The molecule has 2 heterocycles. The second kappa shape index (κ2) is 19.1. The van der Waals surface area contributed by atoms with E-state index >= 15 is 0 Å². The lowest BCUT2D eigenvalue weighted by molar-refractivity contribution is 1.18. The Hall–Kier alpha value is -11.3. The maximum atomic E-state index is 2.44. The molecule has 0 radical (unpaired) electrons. The van der Waals surface area contributed by atoms with Crippen LogP contribution in [-0.4, -0.2) is 9.13 Å². The van der Waals surface area contributed by atoms with Gasteiger partial charge >= 0.3 is 0 Å². The Morgan fingerprint density at radius 1 is 0.151 bits per heavy atom. The number of para-hydroxylation sites is 3. The van der Waals surface area contributed by atoms with Crippen LogP contribution in [0.15, 0.2) is 315 Å². The zero-order valence-electron chi connectivity index (χ0n) is 46.9. The van der Waals surface area contributed by atoms with Crippen molar-refractivity contribution in [3.05, 3.63) is 315 Å². The van der Waals surface area contributed by atoms with Gasteiger partial charge < -0.3 is 9.13 Å². The number of rotatable bonds is 7. The highest BCUT2D eigenvalue weighted by atomic mass is 15.0. The van der Waals surface area contributed by atoms with Crippen molar-refractivity contribution in [1.29, 1.82) is 0 Å².